The molecular formula is C10H23NO2. The summed E-state index contributed by atoms with van der Waals surface area (Å²) in [5.74, 6) is 0. The lowest BCUT2D eigenvalue weighted by Crippen LogP contribution is -2.33. The minimum Gasteiger partial charge on any atom is -0.392 e. The summed E-state index contributed by atoms with van der Waals surface area (Å²) in [6, 6.07) is 0. The van der Waals surface area contributed by atoms with Crippen molar-refractivity contribution in [3.8, 4) is 0 Å². The molecule has 0 spiro atoms. The van der Waals surface area contributed by atoms with Gasteiger partial charge in [0.1, 0.15) is 0 Å². The predicted octanol–water partition coefficient (Wildman–Crippen LogP) is 0.898. The molecule has 3 nitrogen and oxygen atoms in total. The Labute approximate surface area is 81.2 Å². The van der Waals surface area contributed by atoms with E-state index in [0.717, 1.165) is 25.7 Å². The van der Waals surface area contributed by atoms with E-state index >= 15 is 0 Å². The lowest BCUT2D eigenvalue weighted by molar-refractivity contribution is 0.135. The summed E-state index contributed by atoms with van der Waals surface area (Å²) in [6.45, 7) is 5.29. The summed E-state index contributed by atoms with van der Waals surface area (Å²) in [6.07, 6.45) is 3.13. The number of aliphatic hydroxyl groups excluding tert-OH is 2. The lowest BCUT2D eigenvalue weighted by Gasteiger charge is -2.13. The molecule has 0 aliphatic heterocycles. The van der Waals surface area contributed by atoms with Crippen LogP contribution < -0.4 is 5.32 Å². The maximum Gasteiger partial charge on any atom is 0.0664 e. The fraction of sp³-hybridized carbons (Fsp3) is 1.00. The Morgan fingerprint density at radius 3 is 1.62 bits per heavy atom. The standard InChI is InChI=1S/C10H23NO2/c1-3-5-9(12)7-11-8-10(13)6-4-2/h9-13H,3-8H2,1-2H3. The summed E-state index contributed by atoms with van der Waals surface area (Å²) >= 11 is 0. The fourth-order valence-corrected chi connectivity index (χ4v) is 1.29. The Hall–Kier alpha value is -0.120. The number of nitrogens with one attached hydrogen (secondary N) is 1. The van der Waals surface area contributed by atoms with Gasteiger partial charge in [-0.3, -0.25) is 0 Å². The highest BCUT2D eigenvalue weighted by atomic mass is 16.3. The average Bonchev–Trinajstić information content (AvgIpc) is 2.05. The molecule has 2 atom stereocenters. The summed E-state index contributed by atoms with van der Waals surface area (Å²) < 4.78 is 0. The molecule has 0 saturated carbocycles. The number of hydrogen-bond acceptors (Lipinski definition) is 3. The van der Waals surface area contributed by atoms with Crippen LogP contribution in [0.15, 0.2) is 0 Å². The molecule has 0 heterocycles. The van der Waals surface area contributed by atoms with Gasteiger partial charge in [-0.1, -0.05) is 26.7 Å². The molecule has 0 fully saturated rings. The molecule has 3 heteroatoms. The topological polar surface area (TPSA) is 52.5 Å². The Morgan fingerprint density at radius 2 is 1.31 bits per heavy atom. The molecule has 80 valence electrons. The second-order valence-electron chi connectivity index (χ2n) is 3.54. The Bertz CT molecular complexity index is 97.1. The monoisotopic (exact) mass is 189 g/mol. The van der Waals surface area contributed by atoms with Crippen LogP contribution >= 0.6 is 0 Å². The largest absolute Gasteiger partial charge is 0.392 e. The fourth-order valence-electron chi connectivity index (χ4n) is 1.29. The third-order valence-corrected chi connectivity index (χ3v) is 2.00. The second-order valence-corrected chi connectivity index (χ2v) is 3.54. The normalized spacial score (nSPS) is 15.7. The molecule has 3 N–H and O–H groups in total. The molecule has 0 amide bonds. The lowest BCUT2D eigenvalue weighted by atomic mass is 10.2. The molecule has 0 bridgehead atoms. The molecule has 0 rings (SSSR count). The summed E-state index contributed by atoms with van der Waals surface area (Å²) in [7, 11) is 0. The van der Waals surface area contributed by atoms with Crippen LogP contribution in [0.5, 0.6) is 0 Å². The van der Waals surface area contributed by atoms with E-state index < -0.39 is 0 Å². The molecular weight excluding hydrogens is 166 g/mol. The zero-order valence-corrected chi connectivity index (χ0v) is 8.79. The van der Waals surface area contributed by atoms with E-state index in [1.165, 1.54) is 0 Å². The van der Waals surface area contributed by atoms with Crippen LogP contribution in [0.2, 0.25) is 0 Å². The molecule has 2 unspecified atom stereocenters. The van der Waals surface area contributed by atoms with Gasteiger partial charge in [-0.2, -0.15) is 0 Å². The smallest absolute Gasteiger partial charge is 0.0664 e. The van der Waals surface area contributed by atoms with Crippen molar-refractivity contribution in [3.05, 3.63) is 0 Å². The van der Waals surface area contributed by atoms with Crippen LogP contribution in [0, 0.1) is 0 Å². The van der Waals surface area contributed by atoms with Crippen molar-refractivity contribution in [1.29, 1.82) is 0 Å². The number of hydrogen-bond donors (Lipinski definition) is 3. The van der Waals surface area contributed by atoms with E-state index in [-0.39, 0.29) is 12.2 Å². The Balaban J connectivity index is 3.23. The van der Waals surface area contributed by atoms with Crippen molar-refractivity contribution in [2.24, 2.45) is 0 Å². The zero-order valence-electron chi connectivity index (χ0n) is 8.79. The maximum atomic E-state index is 9.35. The maximum absolute atomic E-state index is 9.35. The van der Waals surface area contributed by atoms with Gasteiger partial charge in [-0.25, -0.2) is 0 Å². The second kappa shape index (κ2) is 8.48. The first-order valence-corrected chi connectivity index (χ1v) is 5.27. The third kappa shape index (κ3) is 8.22. The van der Waals surface area contributed by atoms with E-state index in [1.54, 1.807) is 0 Å². The van der Waals surface area contributed by atoms with Crippen LogP contribution in [-0.2, 0) is 0 Å². The van der Waals surface area contributed by atoms with Crippen molar-refractivity contribution < 1.29 is 10.2 Å². The summed E-state index contributed by atoms with van der Waals surface area (Å²) in [5.41, 5.74) is 0. The first kappa shape index (κ1) is 12.9. The Kier molecular flexibility index (Phi) is 8.40. The van der Waals surface area contributed by atoms with Crippen LogP contribution in [-0.4, -0.2) is 35.5 Å². The molecule has 0 radical (unpaired) electrons. The first-order valence-electron chi connectivity index (χ1n) is 5.27. The molecule has 0 saturated heterocycles. The molecule has 0 aromatic carbocycles. The summed E-state index contributed by atoms with van der Waals surface area (Å²) in [4.78, 5) is 0. The van der Waals surface area contributed by atoms with Crippen molar-refractivity contribution in [3.63, 3.8) is 0 Å². The van der Waals surface area contributed by atoms with E-state index in [2.05, 4.69) is 19.2 Å². The Morgan fingerprint density at radius 1 is 0.923 bits per heavy atom. The minimum atomic E-state index is -0.265. The van der Waals surface area contributed by atoms with Crippen LogP contribution in [0.1, 0.15) is 39.5 Å². The zero-order chi connectivity index (χ0) is 10.1. The van der Waals surface area contributed by atoms with E-state index in [1.807, 2.05) is 0 Å². The van der Waals surface area contributed by atoms with Crippen LogP contribution in [0.4, 0.5) is 0 Å². The van der Waals surface area contributed by atoms with Gasteiger partial charge in [0, 0.05) is 13.1 Å². The highest BCUT2D eigenvalue weighted by Gasteiger charge is 2.04. The molecule has 13 heavy (non-hydrogen) atoms. The van der Waals surface area contributed by atoms with Crippen LogP contribution in [0.3, 0.4) is 0 Å². The predicted molar refractivity (Wildman–Crippen MR) is 54.7 cm³/mol. The molecule has 0 aliphatic rings. The molecule has 0 aromatic rings. The van der Waals surface area contributed by atoms with Gasteiger partial charge in [0.15, 0.2) is 0 Å². The first-order chi connectivity index (χ1) is 6.20. The molecule has 0 aliphatic carbocycles. The van der Waals surface area contributed by atoms with Gasteiger partial charge in [0.05, 0.1) is 12.2 Å². The van der Waals surface area contributed by atoms with E-state index in [4.69, 9.17) is 0 Å². The van der Waals surface area contributed by atoms with Gasteiger partial charge >= 0.3 is 0 Å². The van der Waals surface area contributed by atoms with Gasteiger partial charge in [0.25, 0.3) is 0 Å². The third-order valence-electron chi connectivity index (χ3n) is 2.00. The van der Waals surface area contributed by atoms with Gasteiger partial charge in [-0.05, 0) is 12.8 Å². The van der Waals surface area contributed by atoms with Crippen molar-refractivity contribution in [2.75, 3.05) is 13.1 Å². The summed E-state index contributed by atoms with van der Waals surface area (Å²) in [5, 5.41) is 21.8. The van der Waals surface area contributed by atoms with E-state index in [0.29, 0.717) is 13.1 Å². The van der Waals surface area contributed by atoms with Gasteiger partial charge < -0.3 is 15.5 Å². The SMILES string of the molecule is CCCC(O)CNCC(O)CCC. The van der Waals surface area contributed by atoms with Gasteiger partial charge in [0.2, 0.25) is 0 Å². The van der Waals surface area contributed by atoms with Crippen LogP contribution in [0.25, 0.3) is 0 Å². The van der Waals surface area contributed by atoms with Crippen molar-refractivity contribution in [1.82, 2.24) is 5.32 Å². The highest BCUT2D eigenvalue weighted by molar-refractivity contribution is 4.62. The average molecular weight is 189 g/mol. The van der Waals surface area contributed by atoms with Crippen molar-refractivity contribution in [2.45, 2.75) is 51.7 Å². The minimum absolute atomic E-state index is 0.265. The number of aliphatic hydroxyl groups is 2. The quantitative estimate of drug-likeness (QED) is 0.532. The number of rotatable bonds is 8. The van der Waals surface area contributed by atoms with Crippen molar-refractivity contribution >= 4 is 0 Å². The molecule has 0 aromatic heterocycles. The van der Waals surface area contributed by atoms with E-state index in [9.17, 15) is 10.2 Å². The van der Waals surface area contributed by atoms with Gasteiger partial charge in [-0.15, -0.1) is 0 Å². The highest BCUT2D eigenvalue weighted by Crippen LogP contribution is 1.96.